The molecule has 2 aliphatic rings. The molecule has 2 saturated heterocycles. The second kappa shape index (κ2) is 9.40. The summed E-state index contributed by atoms with van der Waals surface area (Å²) in [5.41, 5.74) is 4.21. The second-order valence-electron chi connectivity index (χ2n) is 8.82. The van der Waals surface area contributed by atoms with Crippen molar-refractivity contribution in [2.75, 3.05) is 20.3 Å². The molecule has 0 saturated carbocycles. The Hall–Kier alpha value is -3.12. The number of nitrogens with zero attached hydrogens (tertiary/aromatic N) is 1. The number of benzene rings is 2. The molecular weight excluding hydrogens is 418 g/mol. The van der Waals surface area contributed by atoms with Crippen LogP contribution in [0, 0.1) is 13.8 Å². The van der Waals surface area contributed by atoms with Crippen molar-refractivity contribution in [2.45, 2.75) is 52.2 Å². The van der Waals surface area contributed by atoms with Gasteiger partial charge in [-0.1, -0.05) is 31.2 Å². The van der Waals surface area contributed by atoms with Crippen LogP contribution in [0.2, 0.25) is 0 Å². The van der Waals surface area contributed by atoms with Crippen molar-refractivity contribution in [3.8, 4) is 5.75 Å². The predicted octanol–water partition coefficient (Wildman–Crippen LogP) is 4.48. The number of aryl methyl sites for hydroxylation is 3. The van der Waals surface area contributed by atoms with Crippen molar-refractivity contribution >= 4 is 17.4 Å². The number of aliphatic hydroxyl groups is 1. The third-order valence-corrected chi connectivity index (χ3v) is 6.66. The fraction of sp³-hybridized carbons (Fsp3) is 0.407. The first-order chi connectivity index (χ1) is 15.8. The van der Waals surface area contributed by atoms with Gasteiger partial charge in [-0.3, -0.25) is 9.59 Å². The Morgan fingerprint density at radius 2 is 1.88 bits per heavy atom. The minimum atomic E-state index is -0.665. The van der Waals surface area contributed by atoms with Gasteiger partial charge in [-0.15, -0.1) is 0 Å². The van der Waals surface area contributed by atoms with E-state index in [0.29, 0.717) is 24.5 Å². The number of rotatable bonds is 6. The topological polar surface area (TPSA) is 76.1 Å². The molecule has 6 nitrogen and oxygen atoms in total. The van der Waals surface area contributed by atoms with Gasteiger partial charge in [-0.25, -0.2) is 0 Å². The maximum absolute atomic E-state index is 13.3. The normalized spacial score (nSPS) is 22.2. The zero-order valence-electron chi connectivity index (χ0n) is 19.7. The molecule has 0 bridgehead atoms. The van der Waals surface area contributed by atoms with E-state index < -0.39 is 17.7 Å². The molecule has 0 radical (unpaired) electrons. The number of Topliss-reactive ketones (excluding diaryl/α,β-unsaturated/α-hetero) is 1. The highest BCUT2D eigenvalue weighted by atomic mass is 16.5. The molecule has 2 aromatic rings. The minimum absolute atomic E-state index is 0.106. The molecule has 1 amide bonds. The smallest absolute Gasteiger partial charge is 0.295 e. The lowest BCUT2D eigenvalue weighted by Gasteiger charge is -2.27. The predicted molar refractivity (Wildman–Crippen MR) is 126 cm³/mol. The van der Waals surface area contributed by atoms with Crippen molar-refractivity contribution < 1.29 is 24.2 Å². The molecular formula is C27H31NO5. The van der Waals surface area contributed by atoms with E-state index in [0.717, 1.165) is 41.5 Å². The number of likely N-dealkylation sites (tertiary alicyclic amines) is 1. The van der Waals surface area contributed by atoms with E-state index in [1.807, 2.05) is 44.2 Å². The zero-order chi connectivity index (χ0) is 23.7. The van der Waals surface area contributed by atoms with Crippen LogP contribution in [-0.2, 0) is 20.7 Å². The van der Waals surface area contributed by atoms with Gasteiger partial charge in [0.15, 0.2) is 0 Å². The number of hydrogen-bond acceptors (Lipinski definition) is 5. The number of carbonyl (C=O) groups excluding carboxylic acids is 2. The molecule has 33 heavy (non-hydrogen) atoms. The SMILES string of the molecule is CCc1ccc(C2/C(=C(\O)c3cc(C)c(OC)cc3C)C(=O)C(=O)N2CC2CCCO2)cc1. The van der Waals surface area contributed by atoms with E-state index in [1.165, 1.54) is 0 Å². The summed E-state index contributed by atoms with van der Waals surface area (Å²) in [6.45, 7) is 6.79. The first kappa shape index (κ1) is 23.1. The molecule has 2 aromatic carbocycles. The molecule has 174 valence electrons. The Morgan fingerprint density at radius 1 is 1.15 bits per heavy atom. The molecule has 0 aromatic heterocycles. The summed E-state index contributed by atoms with van der Waals surface area (Å²) < 4.78 is 11.1. The van der Waals surface area contributed by atoms with Crippen LogP contribution < -0.4 is 4.74 Å². The highest BCUT2D eigenvalue weighted by Crippen LogP contribution is 2.41. The van der Waals surface area contributed by atoms with Crippen LogP contribution in [0.5, 0.6) is 5.75 Å². The van der Waals surface area contributed by atoms with Gasteiger partial charge in [0.25, 0.3) is 11.7 Å². The summed E-state index contributed by atoms with van der Waals surface area (Å²) in [6.07, 6.45) is 2.57. The van der Waals surface area contributed by atoms with Gasteiger partial charge in [0.05, 0.1) is 24.8 Å². The minimum Gasteiger partial charge on any atom is -0.507 e. The van der Waals surface area contributed by atoms with Crippen LogP contribution in [-0.4, -0.2) is 48.1 Å². The van der Waals surface area contributed by atoms with Crippen LogP contribution in [0.25, 0.3) is 5.76 Å². The number of ether oxygens (including phenoxy) is 2. The maximum atomic E-state index is 13.3. The molecule has 2 atom stereocenters. The van der Waals surface area contributed by atoms with E-state index in [2.05, 4.69) is 6.92 Å². The Balaban J connectivity index is 1.85. The van der Waals surface area contributed by atoms with E-state index in [9.17, 15) is 14.7 Å². The quantitative estimate of drug-likeness (QED) is 0.400. The molecule has 6 heteroatoms. The lowest BCUT2D eigenvalue weighted by atomic mass is 9.92. The van der Waals surface area contributed by atoms with Crippen molar-refractivity contribution in [1.82, 2.24) is 4.90 Å². The van der Waals surface area contributed by atoms with Gasteiger partial charge in [0.2, 0.25) is 0 Å². The summed E-state index contributed by atoms with van der Waals surface area (Å²) in [7, 11) is 1.60. The summed E-state index contributed by atoms with van der Waals surface area (Å²) in [6, 6.07) is 10.9. The van der Waals surface area contributed by atoms with Gasteiger partial charge in [0, 0.05) is 18.7 Å². The van der Waals surface area contributed by atoms with Gasteiger partial charge in [-0.05, 0) is 67.5 Å². The average Bonchev–Trinajstić information content (AvgIpc) is 3.42. The van der Waals surface area contributed by atoms with Crippen LogP contribution in [0.3, 0.4) is 0 Å². The Labute approximate surface area is 194 Å². The van der Waals surface area contributed by atoms with Crippen molar-refractivity contribution in [1.29, 1.82) is 0 Å². The fourth-order valence-corrected chi connectivity index (χ4v) is 4.77. The van der Waals surface area contributed by atoms with Crippen molar-refractivity contribution in [2.24, 2.45) is 0 Å². The van der Waals surface area contributed by atoms with Crippen LogP contribution in [0.15, 0.2) is 42.0 Å². The van der Waals surface area contributed by atoms with Gasteiger partial charge < -0.3 is 19.5 Å². The van der Waals surface area contributed by atoms with Gasteiger partial charge in [-0.2, -0.15) is 0 Å². The van der Waals surface area contributed by atoms with Gasteiger partial charge >= 0.3 is 0 Å². The lowest BCUT2D eigenvalue weighted by Crippen LogP contribution is -2.36. The molecule has 2 aliphatic heterocycles. The van der Waals surface area contributed by atoms with Crippen LogP contribution in [0.4, 0.5) is 0 Å². The van der Waals surface area contributed by atoms with E-state index in [1.54, 1.807) is 18.1 Å². The largest absolute Gasteiger partial charge is 0.507 e. The fourth-order valence-electron chi connectivity index (χ4n) is 4.77. The molecule has 0 spiro atoms. The number of methoxy groups -OCH3 is 1. The van der Waals surface area contributed by atoms with Crippen molar-refractivity contribution in [3.63, 3.8) is 0 Å². The van der Waals surface area contributed by atoms with Crippen LogP contribution >= 0.6 is 0 Å². The highest BCUT2D eigenvalue weighted by Gasteiger charge is 2.47. The molecule has 2 unspecified atom stereocenters. The first-order valence-corrected chi connectivity index (χ1v) is 11.5. The third kappa shape index (κ3) is 4.27. The Morgan fingerprint density at radius 3 is 2.48 bits per heavy atom. The number of carbonyl (C=O) groups is 2. The molecule has 0 aliphatic carbocycles. The summed E-state index contributed by atoms with van der Waals surface area (Å²) in [5.74, 6) is -0.715. The van der Waals surface area contributed by atoms with Gasteiger partial charge in [0.1, 0.15) is 11.5 Å². The standard InChI is InChI=1S/C27H31NO5/c1-5-18-8-10-19(11-9-18)24-23(25(29)21-13-17(3)22(32-4)14-16(21)2)26(30)27(31)28(24)15-20-7-6-12-33-20/h8-11,13-14,20,24,29H,5-7,12,15H2,1-4H3/b25-23+. The summed E-state index contributed by atoms with van der Waals surface area (Å²) in [5, 5.41) is 11.4. The number of ketones is 1. The monoisotopic (exact) mass is 449 g/mol. The third-order valence-electron chi connectivity index (χ3n) is 6.66. The average molecular weight is 450 g/mol. The maximum Gasteiger partial charge on any atom is 0.295 e. The lowest BCUT2D eigenvalue weighted by molar-refractivity contribution is -0.140. The van der Waals surface area contributed by atoms with E-state index in [4.69, 9.17) is 9.47 Å². The van der Waals surface area contributed by atoms with Crippen molar-refractivity contribution in [3.05, 3.63) is 69.8 Å². The zero-order valence-corrected chi connectivity index (χ0v) is 19.7. The summed E-state index contributed by atoms with van der Waals surface area (Å²) in [4.78, 5) is 28.0. The second-order valence-corrected chi connectivity index (χ2v) is 8.82. The number of amides is 1. The van der Waals surface area contributed by atoms with Crippen LogP contribution in [0.1, 0.15) is 53.6 Å². The number of aliphatic hydroxyl groups excluding tert-OH is 1. The first-order valence-electron chi connectivity index (χ1n) is 11.5. The highest BCUT2D eigenvalue weighted by molar-refractivity contribution is 6.46. The molecule has 2 heterocycles. The number of hydrogen-bond donors (Lipinski definition) is 1. The Kier molecular flexibility index (Phi) is 6.56. The molecule has 1 N–H and O–H groups in total. The van der Waals surface area contributed by atoms with E-state index in [-0.39, 0.29) is 17.4 Å². The van der Waals surface area contributed by atoms with E-state index >= 15 is 0 Å². The Bertz CT molecular complexity index is 1100. The molecule has 4 rings (SSSR count). The summed E-state index contributed by atoms with van der Waals surface area (Å²) >= 11 is 0. The molecule has 2 fully saturated rings.